The summed E-state index contributed by atoms with van der Waals surface area (Å²) in [4.78, 5) is 27.9. The lowest BCUT2D eigenvalue weighted by atomic mass is 9.86. The summed E-state index contributed by atoms with van der Waals surface area (Å²) in [6.45, 7) is 1.48. The van der Waals surface area contributed by atoms with Gasteiger partial charge in [0.15, 0.2) is 5.13 Å². The Morgan fingerprint density at radius 2 is 2.12 bits per heavy atom. The van der Waals surface area contributed by atoms with Crippen LogP contribution in [0.3, 0.4) is 0 Å². The quantitative estimate of drug-likeness (QED) is 0.881. The fourth-order valence-electron chi connectivity index (χ4n) is 4.29. The number of rotatable bonds is 4. The molecule has 3 atom stereocenters. The summed E-state index contributed by atoms with van der Waals surface area (Å²) in [6, 6.07) is 5.58. The highest BCUT2D eigenvalue weighted by Crippen LogP contribution is 2.49. The number of carbonyl (C=O) groups excluding carboxylic acids is 2. The maximum Gasteiger partial charge on any atom is 0.226 e. The molecule has 2 aliphatic rings. The van der Waals surface area contributed by atoms with Gasteiger partial charge in [-0.25, -0.2) is 4.98 Å². The standard InChI is InChI=1S/C18H21N3O2S/c1-10(22)19-14-4-5-15-16(9-14)24-18(20-15)21-17(23)8-13-7-11-2-3-12(13)6-11/h4-5,9,11-13H,2-3,6-8H2,1H3,(H,19,22)(H,20,21,23). The van der Waals surface area contributed by atoms with Crippen molar-refractivity contribution in [1.29, 1.82) is 0 Å². The maximum atomic E-state index is 12.3. The van der Waals surface area contributed by atoms with Crippen LogP contribution in [0.4, 0.5) is 10.8 Å². The molecule has 2 bridgehead atoms. The Balaban J connectivity index is 1.42. The van der Waals surface area contributed by atoms with E-state index in [4.69, 9.17) is 0 Å². The second-order valence-electron chi connectivity index (χ2n) is 7.07. The monoisotopic (exact) mass is 343 g/mol. The summed E-state index contributed by atoms with van der Waals surface area (Å²) in [5.74, 6) is 2.16. The Hall–Kier alpha value is -1.95. The number of anilines is 2. The first-order chi connectivity index (χ1) is 11.6. The highest BCUT2D eigenvalue weighted by Gasteiger charge is 2.40. The predicted octanol–water partition coefficient (Wildman–Crippen LogP) is 4.02. The molecule has 6 heteroatoms. The zero-order valence-corrected chi connectivity index (χ0v) is 14.5. The van der Waals surface area contributed by atoms with Crippen LogP contribution in [0.15, 0.2) is 18.2 Å². The number of nitrogens with zero attached hydrogens (tertiary/aromatic N) is 1. The molecule has 0 aliphatic heterocycles. The topological polar surface area (TPSA) is 71.1 Å². The minimum absolute atomic E-state index is 0.0775. The van der Waals surface area contributed by atoms with Gasteiger partial charge in [0.25, 0.3) is 0 Å². The summed E-state index contributed by atoms with van der Waals surface area (Å²) in [5, 5.41) is 6.36. The molecule has 4 rings (SSSR count). The molecule has 126 valence electrons. The molecule has 1 heterocycles. The number of nitrogens with one attached hydrogen (secondary N) is 2. The molecule has 0 saturated heterocycles. The Morgan fingerprint density at radius 3 is 2.83 bits per heavy atom. The van der Waals surface area contributed by atoms with Crippen LogP contribution in [0.1, 0.15) is 39.0 Å². The van der Waals surface area contributed by atoms with Gasteiger partial charge >= 0.3 is 0 Å². The minimum atomic E-state index is -0.0988. The molecule has 2 saturated carbocycles. The minimum Gasteiger partial charge on any atom is -0.326 e. The smallest absolute Gasteiger partial charge is 0.226 e. The molecule has 2 fully saturated rings. The summed E-state index contributed by atoms with van der Waals surface area (Å²) in [7, 11) is 0. The second kappa shape index (κ2) is 6.16. The highest BCUT2D eigenvalue weighted by molar-refractivity contribution is 7.22. The molecular formula is C18H21N3O2S. The van der Waals surface area contributed by atoms with Gasteiger partial charge in [-0.15, -0.1) is 0 Å². The van der Waals surface area contributed by atoms with E-state index in [-0.39, 0.29) is 11.8 Å². The highest BCUT2D eigenvalue weighted by atomic mass is 32.1. The number of aromatic nitrogens is 1. The van der Waals surface area contributed by atoms with Crippen molar-refractivity contribution in [3.05, 3.63) is 18.2 Å². The zero-order valence-electron chi connectivity index (χ0n) is 13.7. The number of thiazole rings is 1. The van der Waals surface area contributed by atoms with Crippen LogP contribution >= 0.6 is 11.3 Å². The molecule has 2 N–H and O–H groups in total. The maximum absolute atomic E-state index is 12.3. The number of fused-ring (bicyclic) bond motifs is 3. The van der Waals surface area contributed by atoms with Crippen molar-refractivity contribution >= 4 is 44.2 Å². The van der Waals surface area contributed by atoms with Gasteiger partial charge in [0.1, 0.15) is 0 Å². The molecule has 2 aromatic rings. The lowest BCUT2D eigenvalue weighted by Gasteiger charge is -2.20. The molecule has 2 amide bonds. The lowest BCUT2D eigenvalue weighted by Crippen LogP contribution is -2.20. The Bertz CT molecular complexity index is 801. The van der Waals surface area contributed by atoms with Crippen LogP contribution in [-0.2, 0) is 9.59 Å². The SMILES string of the molecule is CC(=O)Nc1ccc2nc(NC(=O)CC3CC4CCC3C4)sc2c1. The van der Waals surface area contributed by atoms with Crippen molar-refractivity contribution < 1.29 is 9.59 Å². The number of benzene rings is 1. The molecule has 0 spiro atoms. The number of hydrogen-bond donors (Lipinski definition) is 2. The van der Waals surface area contributed by atoms with Crippen LogP contribution in [0.2, 0.25) is 0 Å². The van der Waals surface area contributed by atoms with E-state index in [1.54, 1.807) is 0 Å². The third-order valence-corrected chi connectivity index (χ3v) is 6.22. The molecule has 24 heavy (non-hydrogen) atoms. The van der Waals surface area contributed by atoms with Crippen molar-refractivity contribution in [3.63, 3.8) is 0 Å². The van der Waals surface area contributed by atoms with E-state index in [1.807, 2.05) is 18.2 Å². The van der Waals surface area contributed by atoms with Gasteiger partial charge in [-0.05, 0) is 55.2 Å². The predicted molar refractivity (Wildman–Crippen MR) is 96.1 cm³/mol. The van der Waals surface area contributed by atoms with Gasteiger partial charge in [0.2, 0.25) is 11.8 Å². The first-order valence-corrected chi connectivity index (χ1v) is 9.36. The van der Waals surface area contributed by atoms with E-state index >= 15 is 0 Å². The van der Waals surface area contributed by atoms with Gasteiger partial charge in [0, 0.05) is 19.0 Å². The molecule has 1 aromatic carbocycles. The summed E-state index contributed by atoms with van der Waals surface area (Å²) in [6.07, 6.45) is 5.82. The summed E-state index contributed by atoms with van der Waals surface area (Å²) < 4.78 is 0.955. The van der Waals surface area contributed by atoms with E-state index in [0.29, 0.717) is 17.5 Å². The van der Waals surface area contributed by atoms with Gasteiger partial charge < -0.3 is 10.6 Å². The second-order valence-corrected chi connectivity index (χ2v) is 8.10. The molecule has 0 radical (unpaired) electrons. The van der Waals surface area contributed by atoms with E-state index in [1.165, 1.54) is 43.9 Å². The van der Waals surface area contributed by atoms with Crippen molar-refractivity contribution in [3.8, 4) is 0 Å². The average Bonchev–Trinajstić information content (AvgIpc) is 3.20. The Morgan fingerprint density at radius 1 is 1.25 bits per heavy atom. The molecule has 3 unspecified atom stereocenters. The Labute approximate surface area is 144 Å². The third-order valence-electron chi connectivity index (χ3n) is 5.29. The number of hydrogen-bond acceptors (Lipinski definition) is 4. The Kier molecular flexibility index (Phi) is 4.00. The number of amides is 2. The first-order valence-electron chi connectivity index (χ1n) is 8.55. The normalized spacial score (nSPS) is 25.1. The van der Waals surface area contributed by atoms with Crippen LogP contribution in [0, 0.1) is 17.8 Å². The van der Waals surface area contributed by atoms with E-state index < -0.39 is 0 Å². The fraction of sp³-hybridized carbons (Fsp3) is 0.500. The van der Waals surface area contributed by atoms with Crippen molar-refractivity contribution in [2.24, 2.45) is 17.8 Å². The fourth-order valence-corrected chi connectivity index (χ4v) is 5.22. The third kappa shape index (κ3) is 3.15. The van der Waals surface area contributed by atoms with E-state index in [0.717, 1.165) is 27.7 Å². The van der Waals surface area contributed by atoms with Crippen LogP contribution in [0.25, 0.3) is 10.2 Å². The summed E-state index contributed by atoms with van der Waals surface area (Å²) >= 11 is 1.45. The first kappa shape index (κ1) is 15.6. The largest absolute Gasteiger partial charge is 0.326 e. The van der Waals surface area contributed by atoms with Crippen LogP contribution in [0.5, 0.6) is 0 Å². The molecule has 1 aromatic heterocycles. The van der Waals surface area contributed by atoms with Gasteiger partial charge in [0.05, 0.1) is 10.2 Å². The van der Waals surface area contributed by atoms with Crippen molar-refractivity contribution in [1.82, 2.24) is 4.98 Å². The van der Waals surface area contributed by atoms with Crippen LogP contribution in [-0.4, -0.2) is 16.8 Å². The van der Waals surface area contributed by atoms with Crippen molar-refractivity contribution in [2.75, 3.05) is 10.6 Å². The number of carbonyl (C=O) groups is 2. The zero-order chi connectivity index (χ0) is 16.7. The van der Waals surface area contributed by atoms with Gasteiger partial charge in [-0.3, -0.25) is 9.59 Å². The molecule has 5 nitrogen and oxygen atoms in total. The molecule has 2 aliphatic carbocycles. The van der Waals surface area contributed by atoms with Crippen molar-refractivity contribution in [2.45, 2.75) is 39.0 Å². The average molecular weight is 343 g/mol. The van der Waals surface area contributed by atoms with Gasteiger partial charge in [-0.2, -0.15) is 0 Å². The molecular weight excluding hydrogens is 322 g/mol. The van der Waals surface area contributed by atoms with E-state index in [2.05, 4.69) is 15.6 Å². The van der Waals surface area contributed by atoms with Gasteiger partial charge in [-0.1, -0.05) is 17.8 Å². The van der Waals surface area contributed by atoms with Crippen LogP contribution < -0.4 is 10.6 Å². The van der Waals surface area contributed by atoms with E-state index in [9.17, 15) is 9.59 Å². The summed E-state index contributed by atoms with van der Waals surface area (Å²) in [5.41, 5.74) is 1.59. The lowest BCUT2D eigenvalue weighted by molar-refractivity contribution is -0.117.